The number of nitrogens with two attached hydrogens (primary N) is 1. The zero-order valence-electron chi connectivity index (χ0n) is 11.6. The van der Waals surface area contributed by atoms with Gasteiger partial charge in [-0.25, -0.2) is 0 Å². The molecule has 1 aromatic rings. The quantitative estimate of drug-likeness (QED) is 0.208. The van der Waals surface area contributed by atoms with Gasteiger partial charge in [-0.05, 0) is 6.42 Å². The molecule has 0 saturated carbocycles. The van der Waals surface area contributed by atoms with E-state index < -0.39 is 12.0 Å². The Morgan fingerprint density at radius 2 is 2.37 bits per heavy atom. The molecule has 1 unspecified atom stereocenters. The molecule has 0 spiro atoms. The first-order valence-electron chi connectivity index (χ1n) is 5.44. The molecule has 0 aliphatic carbocycles. The van der Waals surface area contributed by atoms with E-state index in [4.69, 9.17) is 15.6 Å². The molecule has 2 heterocycles. The fourth-order valence-corrected chi connectivity index (χ4v) is 1.61. The van der Waals surface area contributed by atoms with Crippen LogP contribution < -0.4 is 72.9 Å². The number of fused-ring (bicyclic) bond motifs is 1. The van der Waals surface area contributed by atoms with Gasteiger partial charge in [0, 0.05) is 6.61 Å². The summed E-state index contributed by atoms with van der Waals surface area (Å²) in [6, 6.07) is 0. The monoisotopic (exact) mass is 297 g/mol. The molecule has 2 rings (SSSR count). The largest absolute Gasteiger partial charge is 1.00 e. The Balaban J connectivity index is 0.00000180. The zero-order chi connectivity index (χ0) is 13.1. The minimum atomic E-state index is -1.25. The predicted molar refractivity (Wildman–Crippen MR) is 65.0 cm³/mol. The number of aromatic amines is 1. The van der Waals surface area contributed by atoms with Gasteiger partial charge in [0.2, 0.25) is 12.4 Å². The third-order valence-corrected chi connectivity index (χ3v) is 2.45. The van der Waals surface area contributed by atoms with E-state index in [2.05, 4.69) is 15.3 Å². The molecule has 1 aromatic heterocycles. The summed E-state index contributed by atoms with van der Waals surface area (Å²) in [7, 11) is 0. The number of hydrogen-bond acceptors (Lipinski definition) is 8. The number of nitrogens with one attached hydrogen (secondary N) is 2. The first-order chi connectivity index (χ1) is 8.63. The molecule has 0 fully saturated rings. The predicted octanol–water partition coefficient (Wildman–Crippen LogP) is -4.67. The van der Waals surface area contributed by atoms with Gasteiger partial charge in [0.05, 0.1) is 13.3 Å². The summed E-state index contributed by atoms with van der Waals surface area (Å²) in [4.78, 5) is 19.2. The van der Waals surface area contributed by atoms with E-state index in [1.807, 2.05) is 0 Å². The Kier molecular flexibility index (Phi) is 6.69. The second-order valence-electron chi connectivity index (χ2n) is 3.73. The number of nitrogen functional groups attached to an aromatic ring is 1. The van der Waals surface area contributed by atoms with Gasteiger partial charge in [-0.2, -0.15) is 4.98 Å². The molecule has 0 saturated heterocycles. The first kappa shape index (κ1) is 16.8. The van der Waals surface area contributed by atoms with Crippen LogP contribution in [0.4, 0.5) is 17.5 Å². The average molecular weight is 297 g/mol. The topological polar surface area (TPSA) is 137 Å². The van der Waals surface area contributed by atoms with Gasteiger partial charge in [-0.15, -0.1) is 0 Å². The smallest absolute Gasteiger partial charge is 1.00 e. The summed E-state index contributed by atoms with van der Waals surface area (Å²) in [5.74, 6) is 0.211. The van der Waals surface area contributed by atoms with Crippen molar-refractivity contribution in [3.63, 3.8) is 0 Å². The molecule has 0 bridgehead atoms. The molecule has 10 heteroatoms. The molecule has 1 atom stereocenters. The van der Waals surface area contributed by atoms with Crippen LogP contribution in [0.2, 0.25) is 0 Å². The minimum Gasteiger partial charge on any atom is -1.00 e. The van der Waals surface area contributed by atoms with Crippen molar-refractivity contribution in [1.29, 1.82) is 0 Å². The summed E-state index contributed by atoms with van der Waals surface area (Å²) in [5.41, 5.74) is 5.28. The maximum absolute atomic E-state index is 11.5. The molecule has 6 N–H and O–H groups in total. The van der Waals surface area contributed by atoms with Crippen molar-refractivity contribution < 1.29 is 67.8 Å². The number of rotatable bonds is 5. The molecule has 0 amide bonds. The van der Waals surface area contributed by atoms with Crippen LogP contribution in [0.1, 0.15) is 7.85 Å². The van der Waals surface area contributed by atoms with Crippen molar-refractivity contribution in [3.05, 3.63) is 10.4 Å². The van der Waals surface area contributed by atoms with Crippen molar-refractivity contribution >= 4 is 17.5 Å². The van der Waals surface area contributed by atoms with E-state index in [9.17, 15) is 9.90 Å². The molecule has 19 heavy (non-hydrogen) atoms. The van der Waals surface area contributed by atoms with E-state index in [0.29, 0.717) is 6.42 Å². The third kappa shape index (κ3) is 3.89. The second-order valence-corrected chi connectivity index (χ2v) is 3.73. The van der Waals surface area contributed by atoms with E-state index in [1.165, 1.54) is 4.90 Å². The Morgan fingerprint density at radius 1 is 1.63 bits per heavy atom. The van der Waals surface area contributed by atoms with Crippen molar-refractivity contribution in [2.24, 2.45) is 0 Å². The van der Waals surface area contributed by atoms with Crippen molar-refractivity contribution in [2.75, 3.05) is 35.8 Å². The summed E-state index contributed by atoms with van der Waals surface area (Å²) in [6.45, 7) is 0.365. The van der Waals surface area contributed by atoms with Crippen molar-refractivity contribution in [1.82, 2.24) is 9.97 Å². The van der Waals surface area contributed by atoms with Gasteiger partial charge in [0.15, 0.2) is 5.82 Å². The molecule has 1 aliphatic rings. The van der Waals surface area contributed by atoms with Gasteiger partial charge in [0.1, 0.15) is 5.69 Å². The van der Waals surface area contributed by atoms with Gasteiger partial charge in [-0.3, -0.25) is 14.7 Å². The zero-order valence-corrected chi connectivity index (χ0v) is 13.7. The van der Waals surface area contributed by atoms with Gasteiger partial charge >= 0.3 is 51.4 Å². The number of ether oxygens (including phenoxy) is 1. The number of hydrogen-bond donors (Lipinski definition) is 5. The second kappa shape index (κ2) is 7.54. The van der Waals surface area contributed by atoms with Crippen molar-refractivity contribution in [2.45, 2.75) is 12.8 Å². The fraction of sp³-hybridized carbons (Fsp3) is 0.556. The summed E-state index contributed by atoms with van der Waals surface area (Å²) in [6.07, 6.45) is -0.838. The standard InChI is InChI=1S/C9H15N5O4.K.H/c10-8-12-6-5(7(16)13-8)11-4-14(6)9(17)18-3-1-2-15;;/h9,11,15,17H,1-4H2,(H3,10,12,13,16);;/q;+1;-1. The van der Waals surface area contributed by atoms with Crippen LogP contribution in [0.25, 0.3) is 0 Å². The van der Waals surface area contributed by atoms with E-state index in [0.717, 1.165) is 0 Å². The van der Waals surface area contributed by atoms with Crippen LogP contribution in [-0.4, -0.2) is 46.5 Å². The van der Waals surface area contributed by atoms with Crippen molar-refractivity contribution in [3.8, 4) is 0 Å². The number of H-pyrrole nitrogens is 1. The summed E-state index contributed by atoms with van der Waals surface area (Å²) < 4.78 is 5.09. The number of aromatic nitrogens is 2. The first-order valence-corrected chi connectivity index (χ1v) is 5.44. The molecule has 1 aliphatic heterocycles. The number of aliphatic hydroxyl groups is 2. The SMILES string of the molecule is Nc1nc2c(c(=O)[nH]1)NCN2C(O)OCCCO.[H-].[K+]. The molecular weight excluding hydrogens is 281 g/mol. The van der Waals surface area contributed by atoms with Crippen LogP contribution >= 0.6 is 0 Å². The molecule has 9 nitrogen and oxygen atoms in total. The number of anilines is 3. The van der Waals surface area contributed by atoms with E-state index in [1.54, 1.807) is 0 Å². The third-order valence-electron chi connectivity index (χ3n) is 2.45. The molecular formula is C9H16KN5O4. The van der Waals surface area contributed by atoms with Crippen LogP contribution in [0.3, 0.4) is 0 Å². The number of nitrogens with zero attached hydrogens (tertiary/aromatic N) is 2. The molecule has 102 valence electrons. The number of aliphatic hydroxyl groups excluding tert-OH is 2. The Labute approximate surface area is 153 Å². The van der Waals surface area contributed by atoms with Crippen LogP contribution in [0.15, 0.2) is 4.79 Å². The van der Waals surface area contributed by atoms with Crippen LogP contribution in [0.5, 0.6) is 0 Å². The van der Waals surface area contributed by atoms with Gasteiger partial charge < -0.3 is 27.4 Å². The maximum atomic E-state index is 11.5. The fourth-order valence-electron chi connectivity index (χ4n) is 1.61. The van der Waals surface area contributed by atoms with E-state index in [-0.39, 0.29) is 90.1 Å². The Hall–Kier alpha value is -0.204. The van der Waals surface area contributed by atoms with Crippen LogP contribution in [0, 0.1) is 0 Å². The summed E-state index contributed by atoms with van der Waals surface area (Å²) >= 11 is 0. The average Bonchev–Trinajstić information content (AvgIpc) is 2.73. The minimum absolute atomic E-state index is 0. The van der Waals surface area contributed by atoms with E-state index >= 15 is 0 Å². The Morgan fingerprint density at radius 3 is 3.05 bits per heavy atom. The van der Waals surface area contributed by atoms with Gasteiger partial charge in [-0.1, -0.05) is 0 Å². The van der Waals surface area contributed by atoms with Gasteiger partial charge in [0.25, 0.3) is 5.56 Å². The molecule has 0 radical (unpaired) electrons. The normalized spacial score (nSPS) is 14.5. The van der Waals surface area contributed by atoms with Crippen LogP contribution in [-0.2, 0) is 4.74 Å². The Bertz CT molecular complexity index is 488. The maximum Gasteiger partial charge on any atom is 1.00 e. The summed E-state index contributed by atoms with van der Waals surface area (Å²) in [5, 5.41) is 21.2. The molecule has 0 aromatic carbocycles.